The fraction of sp³-hybridized carbons (Fsp3) is 0.211. The van der Waals surface area contributed by atoms with E-state index in [1.54, 1.807) is 12.1 Å². The first-order valence-corrected chi connectivity index (χ1v) is 8.98. The third kappa shape index (κ3) is 4.33. The quantitative estimate of drug-likeness (QED) is 0.623. The first-order valence-electron chi connectivity index (χ1n) is 8.10. The van der Waals surface area contributed by atoms with E-state index in [1.807, 2.05) is 12.1 Å². The van der Waals surface area contributed by atoms with Gasteiger partial charge in [-0.1, -0.05) is 12.1 Å². The van der Waals surface area contributed by atoms with Gasteiger partial charge >= 0.3 is 5.97 Å². The van der Waals surface area contributed by atoms with Crippen molar-refractivity contribution in [1.82, 2.24) is 0 Å². The molecule has 5 nitrogen and oxygen atoms in total. The van der Waals surface area contributed by atoms with Gasteiger partial charge in [0.15, 0.2) is 17.7 Å². The molecular formula is C19H15F2NO4S. The molecule has 0 saturated carbocycles. The summed E-state index contributed by atoms with van der Waals surface area (Å²) in [5.74, 6) is -3.95. The van der Waals surface area contributed by atoms with E-state index in [1.165, 1.54) is 18.7 Å². The number of fused-ring (bicyclic) bond motifs is 1. The van der Waals surface area contributed by atoms with Gasteiger partial charge in [-0.25, -0.2) is 8.78 Å². The zero-order chi connectivity index (χ0) is 19.6. The monoisotopic (exact) mass is 391 g/mol. The summed E-state index contributed by atoms with van der Waals surface area (Å²) < 4.78 is 31.3. The number of carbonyl (C=O) groups excluding carboxylic acids is 3. The molecule has 1 aliphatic heterocycles. The Hall–Kier alpha value is -2.74. The van der Waals surface area contributed by atoms with Crippen LogP contribution in [0.15, 0.2) is 47.4 Å². The Kier molecular flexibility index (Phi) is 5.55. The molecular weight excluding hydrogens is 376 g/mol. The lowest BCUT2D eigenvalue weighted by atomic mass is 10.1. The van der Waals surface area contributed by atoms with Crippen molar-refractivity contribution in [2.75, 3.05) is 5.32 Å². The topological polar surface area (TPSA) is 72.5 Å². The molecule has 2 atom stereocenters. The van der Waals surface area contributed by atoms with Crippen molar-refractivity contribution in [1.29, 1.82) is 0 Å². The van der Waals surface area contributed by atoms with E-state index in [0.717, 1.165) is 23.1 Å². The minimum Gasteiger partial charge on any atom is -0.454 e. The number of esters is 1. The van der Waals surface area contributed by atoms with E-state index in [2.05, 4.69) is 5.32 Å². The van der Waals surface area contributed by atoms with Gasteiger partial charge in [0.2, 0.25) is 11.7 Å². The van der Waals surface area contributed by atoms with Crippen LogP contribution in [0.5, 0.6) is 0 Å². The number of para-hydroxylation sites is 1. The molecule has 1 N–H and O–H groups in total. The number of carbonyl (C=O) groups is 3. The Bertz CT molecular complexity index is 918. The Morgan fingerprint density at radius 2 is 1.93 bits per heavy atom. The molecule has 1 amide bonds. The molecule has 0 spiro atoms. The lowest BCUT2D eigenvalue weighted by molar-refractivity contribution is -0.147. The Morgan fingerprint density at radius 1 is 1.19 bits per heavy atom. The summed E-state index contributed by atoms with van der Waals surface area (Å²) in [5, 5.41) is 2.03. The normalized spacial score (nSPS) is 16.9. The maximum absolute atomic E-state index is 13.3. The van der Waals surface area contributed by atoms with Gasteiger partial charge in [-0.05, 0) is 37.3 Å². The Balaban J connectivity index is 1.61. The summed E-state index contributed by atoms with van der Waals surface area (Å²) in [4.78, 5) is 37.3. The molecule has 1 aliphatic rings. The van der Waals surface area contributed by atoms with Crippen LogP contribution in [0.25, 0.3) is 0 Å². The van der Waals surface area contributed by atoms with Crippen molar-refractivity contribution >= 4 is 35.1 Å². The highest BCUT2D eigenvalue weighted by atomic mass is 32.2. The number of nitrogens with one attached hydrogen (secondary N) is 1. The minimum absolute atomic E-state index is 0.104. The van der Waals surface area contributed by atoms with E-state index >= 15 is 0 Å². The number of benzene rings is 2. The lowest BCUT2D eigenvalue weighted by Crippen LogP contribution is -2.33. The molecule has 2 aromatic carbocycles. The third-order valence-corrected chi connectivity index (χ3v) is 5.22. The molecule has 0 saturated heterocycles. The number of hydrogen-bond donors (Lipinski definition) is 1. The average Bonchev–Trinajstić information content (AvgIpc) is 2.64. The molecule has 0 aromatic heterocycles. The second-order valence-electron chi connectivity index (χ2n) is 5.92. The van der Waals surface area contributed by atoms with Gasteiger partial charge in [-0.15, -0.1) is 11.8 Å². The van der Waals surface area contributed by atoms with Crippen LogP contribution >= 0.6 is 11.8 Å². The number of ether oxygens (including phenoxy) is 1. The van der Waals surface area contributed by atoms with Crippen LogP contribution < -0.4 is 5.32 Å². The maximum atomic E-state index is 13.3. The molecule has 3 rings (SSSR count). The van der Waals surface area contributed by atoms with Gasteiger partial charge in [0.05, 0.1) is 17.4 Å². The summed E-state index contributed by atoms with van der Waals surface area (Å²) in [5.41, 5.74) is 0.576. The molecule has 8 heteroatoms. The molecule has 0 bridgehead atoms. The van der Waals surface area contributed by atoms with Gasteiger partial charge in [0, 0.05) is 10.5 Å². The van der Waals surface area contributed by atoms with Crippen molar-refractivity contribution in [3.63, 3.8) is 0 Å². The van der Waals surface area contributed by atoms with Gasteiger partial charge < -0.3 is 10.1 Å². The number of rotatable bonds is 5. The Morgan fingerprint density at radius 3 is 2.67 bits per heavy atom. The maximum Gasteiger partial charge on any atom is 0.308 e. The Labute approximate surface area is 158 Å². The van der Waals surface area contributed by atoms with Crippen molar-refractivity contribution in [3.8, 4) is 0 Å². The van der Waals surface area contributed by atoms with E-state index in [9.17, 15) is 23.2 Å². The number of ketones is 1. The van der Waals surface area contributed by atoms with Crippen LogP contribution in [-0.2, 0) is 14.3 Å². The zero-order valence-corrected chi connectivity index (χ0v) is 15.0. The smallest absolute Gasteiger partial charge is 0.308 e. The van der Waals surface area contributed by atoms with Gasteiger partial charge in [0.25, 0.3) is 0 Å². The van der Waals surface area contributed by atoms with E-state index < -0.39 is 34.7 Å². The van der Waals surface area contributed by atoms with E-state index in [4.69, 9.17) is 4.74 Å². The molecule has 1 heterocycles. The summed E-state index contributed by atoms with van der Waals surface area (Å²) in [6, 6.07) is 9.90. The fourth-order valence-electron chi connectivity index (χ4n) is 2.56. The highest BCUT2D eigenvalue weighted by Crippen LogP contribution is 2.36. The second-order valence-corrected chi connectivity index (χ2v) is 7.17. The predicted molar refractivity (Wildman–Crippen MR) is 95.6 cm³/mol. The van der Waals surface area contributed by atoms with Crippen LogP contribution in [0.3, 0.4) is 0 Å². The number of Topliss-reactive ketones (excluding diaryl/α,β-unsaturated/α-hetero) is 1. The first-order chi connectivity index (χ1) is 12.8. The fourth-order valence-corrected chi connectivity index (χ4v) is 3.66. The predicted octanol–water partition coefficient (Wildman–Crippen LogP) is 3.58. The summed E-state index contributed by atoms with van der Waals surface area (Å²) in [7, 11) is 0. The third-order valence-electron chi connectivity index (χ3n) is 3.94. The second kappa shape index (κ2) is 7.87. The highest BCUT2D eigenvalue weighted by molar-refractivity contribution is 8.01. The van der Waals surface area contributed by atoms with Crippen LogP contribution in [0.2, 0.25) is 0 Å². The van der Waals surface area contributed by atoms with Crippen molar-refractivity contribution in [3.05, 3.63) is 59.7 Å². The zero-order valence-electron chi connectivity index (χ0n) is 14.2. The van der Waals surface area contributed by atoms with E-state index in [0.29, 0.717) is 5.69 Å². The highest BCUT2D eigenvalue weighted by Gasteiger charge is 2.30. The number of thioether (sulfide) groups is 1. The molecule has 2 aromatic rings. The summed E-state index contributed by atoms with van der Waals surface area (Å²) in [6.45, 7) is 1.34. The molecule has 0 radical (unpaired) electrons. The van der Waals surface area contributed by atoms with Crippen molar-refractivity contribution < 1.29 is 27.9 Å². The SMILES string of the molecule is C[C@@H](OC(=O)C[C@@H]1Sc2ccccc2NC1=O)C(=O)c1ccc(F)c(F)c1. The van der Waals surface area contributed by atoms with Gasteiger partial charge in [-0.2, -0.15) is 0 Å². The lowest BCUT2D eigenvalue weighted by Gasteiger charge is -2.23. The number of hydrogen-bond acceptors (Lipinski definition) is 5. The van der Waals surface area contributed by atoms with E-state index in [-0.39, 0.29) is 17.9 Å². The summed E-state index contributed by atoms with van der Waals surface area (Å²) >= 11 is 1.24. The molecule has 27 heavy (non-hydrogen) atoms. The van der Waals surface area contributed by atoms with Crippen molar-refractivity contribution in [2.24, 2.45) is 0 Å². The van der Waals surface area contributed by atoms with Crippen LogP contribution in [0.4, 0.5) is 14.5 Å². The van der Waals surface area contributed by atoms with Crippen LogP contribution in [0.1, 0.15) is 23.7 Å². The average molecular weight is 391 g/mol. The largest absolute Gasteiger partial charge is 0.454 e. The van der Waals surface area contributed by atoms with Crippen molar-refractivity contribution in [2.45, 2.75) is 29.6 Å². The first kappa shape index (κ1) is 19.0. The standard InChI is InChI=1S/C19H15F2NO4S/c1-10(18(24)11-6-7-12(20)13(21)8-11)26-17(23)9-16-19(25)22-14-4-2-3-5-15(14)27-16/h2-8,10,16H,9H2,1H3,(H,22,25)/t10-,16+/m1/s1. The van der Waals surface area contributed by atoms with Gasteiger partial charge in [0.1, 0.15) is 0 Å². The van der Waals surface area contributed by atoms with Gasteiger partial charge in [-0.3, -0.25) is 14.4 Å². The number of anilines is 1. The number of halogens is 2. The molecule has 0 unspecified atom stereocenters. The number of amides is 1. The molecule has 0 aliphatic carbocycles. The molecule has 0 fully saturated rings. The van der Waals surface area contributed by atoms with Crippen LogP contribution in [-0.4, -0.2) is 29.0 Å². The summed E-state index contributed by atoms with van der Waals surface area (Å²) in [6.07, 6.45) is -1.41. The van der Waals surface area contributed by atoms with Crippen LogP contribution in [0, 0.1) is 11.6 Å². The minimum atomic E-state index is -1.19. The molecule has 140 valence electrons.